The molecule has 1 amide bonds. The average molecular weight is 312 g/mol. The lowest BCUT2D eigenvalue weighted by Crippen LogP contribution is -2.43. The van der Waals surface area contributed by atoms with E-state index in [1.165, 1.54) is 0 Å². The van der Waals surface area contributed by atoms with Gasteiger partial charge in [0.15, 0.2) is 0 Å². The van der Waals surface area contributed by atoms with Gasteiger partial charge in [0, 0.05) is 6.20 Å². The van der Waals surface area contributed by atoms with Gasteiger partial charge in [0.25, 0.3) is 0 Å². The predicted octanol–water partition coefficient (Wildman–Crippen LogP) is 3.96. The number of pyridine rings is 1. The minimum absolute atomic E-state index is 0.272. The SMILES string of the molecule is CC(C)(C)OC(=O)N1CC(c2ccccc2)Oc2ncccc21. The van der Waals surface area contributed by atoms with Crippen LogP contribution in [0.4, 0.5) is 10.5 Å². The predicted molar refractivity (Wildman–Crippen MR) is 87.6 cm³/mol. The third kappa shape index (κ3) is 3.44. The van der Waals surface area contributed by atoms with Crippen molar-refractivity contribution in [3.63, 3.8) is 0 Å². The molecule has 2 aromatic rings. The number of hydrogen-bond acceptors (Lipinski definition) is 4. The monoisotopic (exact) mass is 312 g/mol. The van der Waals surface area contributed by atoms with Crippen LogP contribution in [0.1, 0.15) is 32.4 Å². The minimum Gasteiger partial charge on any atom is -0.466 e. The van der Waals surface area contributed by atoms with Crippen molar-refractivity contribution in [1.82, 2.24) is 4.98 Å². The number of ether oxygens (including phenoxy) is 2. The number of carbonyl (C=O) groups excluding carboxylic acids is 1. The molecule has 1 aromatic carbocycles. The summed E-state index contributed by atoms with van der Waals surface area (Å²) in [6.45, 7) is 5.94. The van der Waals surface area contributed by atoms with Crippen LogP contribution in [-0.2, 0) is 4.74 Å². The summed E-state index contributed by atoms with van der Waals surface area (Å²) in [6, 6.07) is 13.4. The summed E-state index contributed by atoms with van der Waals surface area (Å²) in [7, 11) is 0. The molecule has 0 bridgehead atoms. The van der Waals surface area contributed by atoms with E-state index in [4.69, 9.17) is 9.47 Å². The van der Waals surface area contributed by atoms with Gasteiger partial charge in [0.05, 0.1) is 6.54 Å². The van der Waals surface area contributed by atoms with Crippen molar-refractivity contribution in [2.45, 2.75) is 32.5 Å². The van der Waals surface area contributed by atoms with Crippen LogP contribution in [0.3, 0.4) is 0 Å². The van der Waals surface area contributed by atoms with E-state index in [-0.39, 0.29) is 6.10 Å². The third-order valence-electron chi connectivity index (χ3n) is 3.43. The lowest BCUT2D eigenvalue weighted by Gasteiger charge is -2.35. The van der Waals surface area contributed by atoms with Gasteiger partial charge in [-0.05, 0) is 38.5 Å². The highest BCUT2D eigenvalue weighted by Gasteiger charge is 2.34. The second kappa shape index (κ2) is 5.91. The highest BCUT2D eigenvalue weighted by Crippen LogP contribution is 2.36. The van der Waals surface area contributed by atoms with E-state index in [1.807, 2.05) is 57.2 Å². The van der Waals surface area contributed by atoms with Crippen LogP contribution in [0.15, 0.2) is 48.7 Å². The van der Waals surface area contributed by atoms with Crippen LogP contribution in [0.25, 0.3) is 0 Å². The van der Waals surface area contributed by atoms with Crippen LogP contribution in [0.5, 0.6) is 5.88 Å². The zero-order chi connectivity index (χ0) is 16.4. The quantitative estimate of drug-likeness (QED) is 0.800. The van der Waals surface area contributed by atoms with Gasteiger partial charge in [-0.25, -0.2) is 9.78 Å². The molecule has 0 saturated heterocycles. The molecule has 1 aliphatic rings. The maximum absolute atomic E-state index is 12.6. The molecular formula is C18H20N2O3. The fraction of sp³-hybridized carbons (Fsp3) is 0.333. The van der Waals surface area contributed by atoms with Gasteiger partial charge in [0.2, 0.25) is 5.88 Å². The standard InChI is InChI=1S/C18H20N2O3/c1-18(2,3)23-17(21)20-12-15(13-8-5-4-6-9-13)22-16-14(20)10-7-11-19-16/h4-11,15H,12H2,1-3H3. The Morgan fingerprint density at radius 3 is 2.65 bits per heavy atom. The Bertz CT molecular complexity index is 695. The van der Waals surface area contributed by atoms with Crippen molar-refractivity contribution in [2.75, 3.05) is 11.4 Å². The molecule has 0 N–H and O–H groups in total. The van der Waals surface area contributed by atoms with E-state index in [2.05, 4.69) is 4.98 Å². The normalized spacial score (nSPS) is 17.2. The number of amides is 1. The molecule has 0 spiro atoms. The summed E-state index contributed by atoms with van der Waals surface area (Å²) in [4.78, 5) is 18.4. The fourth-order valence-electron chi connectivity index (χ4n) is 2.45. The zero-order valence-electron chi connectivity index (χ0n) is 13.5. The molecule has 0 saturated carbocycles. The average Bonchev–Trinajstić information content (AvgIpc) is 2.53. The van der Waals surface area contributed by atoms with Gasteiger partial charge in [-0.15, -0.1) is 0 Å². The van der Waals surface area contributed by atoms with Gasteiger partial charge in [-0.1, -0.05) is 30.3 Å². The number of carbonyl (C=O) groups is 1. The van der Waals surface area contributed by atoms with E-state index >= 15 is 0 Å². The first-order valence-electron chi connectivity index (χ1n) is 7.61. The highest BCUT2D eigenvalue weighted by molar-refractivity contribution is 5.90. The number of hydrogen-bond donors (Lipinski definition) is 0. The molecule has 0 radical (unpaired) electrons. The Balaban J connectivity index is 1.93. The molecule has 23 heavy (non-hydrogen) atoms. The summed E-state index contributed by atoms with van der Waals surface area (Å²) in [5, 5.41) is 0. The molecule has 1 atom stereocenters. The van der Waals surface area contributed by atoms with E-state index in [9.17, 15) is 4.79 Å². The topological polar surface area (TPSA) is 51.7 Å². The Morgan fingerprint density at radius 1 is 1.22 bits per heavy atom. The molecule has 5 nitrogen and oxygen atoms in total. The van der Waals surface area contributed by atoms with Crippen molar-refractivity contribution >= 4 is 11.8 Å². The molecule has 120 valence electrons. The van der Waals surface area contributed by atoms with Crippen LogP contribution in [0.2, 0.25) is 0 Å². The molecular weight excluding hydrogens is 292 g/mol. The summed E-state index contributed by atoms with van der Waals surface area (Å²) in [5.74, 6) is 0.443. The van der Waals surface area contributed by atoms with Gasteiger partial charge >= 0.3 is 6.09 Å². The first-order chi connectivity index (χ1) is 10.9. The van der Waals surface area contributed by atoms with E-state index in [0.29, 0.717) is 18.1 Å². The smallest absolute Gasteiger partial charge is 0.415 e. The molecule has 3 rings (SSSR count). The van der Waals surface area contributed by atoms with Gasteiger partial charge in [-0.3, -0.25) is 4.90 Å². The number of rotatable bonds is 1. The second-order valence-electron chi connectivity index (χ2n) is 6.44. The van der Waals surface area contributed by atoms with Crippen molar-refractivity contribution in [2.24, 2.45) is 0 Å². The molecule has 1 aliphatic heterocycles. The maximum Gasteiger partial charge on any atom is 0.415 e. The van der Waals surface area contributed by atoms with E-state index < -0.39 is 11.7 Å². The number of fused-ring (bicyclic) bond motifs is 1. The van der Waals surface area contributed by atoms with Crippen LogP contribution in [0, 0.1) is 0 Å². The number of benzene rings is 1. The van der Waals surface area contributed by atoms with Crippen LogP contribution < -0.4 is 9.64 Å². The summed E-state index contributed by atoms with van der Waals surface area (Å²) < 4.78 is 11.5. The number of anilines is 1. The minimum atomic E-state index is -0.556. The lowest BCUT2D eigenvalue weighted by atomic mass is 10.1. The molecule has 1 aromatic heterocycles. The molecule has 5 heteroatoms. The molecule has 1 unspecified atom stereocenters. The van der Waals surface area contributed by atoms with Crippen LogP contribution in [-0.4, -0.2) is 23.2 Å². The van der Waals surface area contributed by atoms with Crippen LogP contribution >= 0.6 is 0 Å². The lowest BCUT2D eigenvalue weighted by molar-refractivity contribution is 0.0545. The van der Waals surface area contributed by atoms with Gasteiger partial charge in [-0.2, -0.15) is 0 Å². The molecule has 0 aliphatic carbocycles. The van der Waals surface area contributed by atoms with Crippen molar-refractivity contribution in [1.29, 1.82) is 0 Å². The summed E-state index contributed by atoms with van der Waals surface area (Å²) >= 11 is 0. The molecule has 2 heterocycles. The second-order valence-corrected chi connectivity index (χ2v) is 6.44. The summed E-state index contributed by atoms with van der Waals surface area (Å²) in [5.41, 5.74) is 1.08. The maximum atomic E-state index is 12.6. The first kappa shape index (κ1) is 15.3. The van der Waals surface area contributed by atoms with Crippen molar-refractivity contribution in [3.8, 4) is 5.88 Å². The number of aromatic nitrogens is 1. The zero-order valence-corrected chi connectivity index (χ0v) is 13.5. The highest BCUT2D eigenvalue weighted by atomic mass is 16.6. The first-order valence-corrected chi connectivity index (χ1v) is 7.61. The fourth-order valence-corrected chi connectivity index (χ4v) is 2.45. The van der Waals surface area contributed by atoms with Gasteiger partial charge in [0.1, 0.15) is 17.4 Å². The molecule has 0 fully saturated rings. The Hall–Kier alpha value is -2.56. The third-order valence-corrected chi connectivity index (χ3v) is 3.43. The summed E-state index contributed by atoms with van der Waals surface area (Å²) in [6.07, 6.45) is 0.988. The Kier molecular flexibility index (Phi) is 3.94. The van der Waals surface area contributed by atoms with Gasteiger partial charge < -0.3 is 9.47 Å². The van der Waals surface area contributed by atoms with E-state index in [0.717, 1.165) is 5.56 Å². The Labute approximate surface area is 135 Å². The van der Waals surface area contributed by atoms with Crippen molar-refractivity contribution in [3.05, 3.63) is 54.2 Å². The Morgan fingerprint density at radius 2 is 1.96 bits per heavy atom. The largest absolute Gasteiger partial charge is 0.466 e. The number of nitrogens with zero attached hydrogens (tertiary/aromatic N) is 2. The van der Waals surface area contributed by atoms with Crippen molar-refractivity contribution < 1.29 is 14.3 Å². The van der Waals surface area contributed by atoms with E-state index in [1.54, 1.807) is 17.2 Å².